The lowest BCUT2D eigenvalue weighted by molar-refractivity contribution is -0.183. The van der Waals surface area contributed by atoms with Crippen LogP contribution >= 0.6 is 0 Å². The van der Waals surface area contributed by atoms with E-state index in [1.807, 2.05) is 0 Å². The SMILES string of the molecule is CCCNC(C)(CO)CN1CC(C)(C)OC(C)(C)C1. The van der Waals surface area contributed by atoms with E-state index in [4.69, 9.17) is 4.74 Å². The minimum Gasteiger partial charge on any atom is -0.394 e. The predicted octanol–water partition coefficient (Wildman–Crippen LogP) is 1.63. The molecule has 0 radical (unpaired) electrons. The molecule has 4 nitrogen and oxygen atoms in total. The molecule has 2 N–H and O–H groups in total. The fourth-order valence-electron chi connectivity index (χ4n) is 3.14. The molecule has 0 aromatic rings. The van der Waals surface area contributed by atoms with Gasteiger partial charge in [0, 0.05) is 19.6 Å². The van der Waals surface area contributed by atoms with Gasteiger partial charge >= 0.3 is 0 Å². The van der Waals surface area contributed by atoms with Crippen LogP contribution in [0.15, 0.2) is 0 Å². The highest BCUT2D eigenvalue weighted by Gasteiger charge is 2.40. The highest BCUT2D eigenvalue weighted by atomic mass is 16.5. The Morgan fingerprint density at radius 2 is 1.74 bits per heavy atom. The van der Waals surface area contributed by atoms with Crippen molar-refractivity contribution in [1.29, 1.82) is 0 Å². The Kier molecular flexibility index (Phi) is 5.41. The van der Waals surface area contributed by atoms with E-state index < -0.39 is 0 Å². The van der Waals surface area contributed by atoms with E-state index in [0.717, 1.165) is 32.6 Å². The first-order valence-corrected chi connectivity index (χ1v) is 7.40. The van der Waals surface area contributed by atoms with Crippen LogP contribution in [-0.2, 0) is 4.74 Å². The molecular formula is C15H32N2O2. The van der Waals surface area contributed by atoms with Gasteiger partial charge in [0.05, 0.1) is 23.3 Å². The second-order valence-electron chi connectivity index (χ2n) is 7.41. The fourth-order valence-corrected chi connectivity index (χ4v) is 3.14. The Morgan fingerprint density at radius 1 is 1.21 bits per heavy atom. The van der Waals surface area contributed by atoms with Gasteiger partial charge < -0.3 is 15.2 Å². The lowest BCUT2D eigenvalue weighted by atomic mass is 9.95. The Labute approximate surface area is 118 Å². The van der Waals surface area contributed by atoms with Gasteiger partial charge in [-0.25, -0.2) is 0 Å². The summed E-state index contributed by atoms with van der Waals surface area (Å²) in [6.45, 7) is 16.5. The molecule has 1 atom stereocenters. The zero-order valence-corrected chi connectivity index (χ0v) is 13.5. The zero-order valence-electron chi connectivity index (χ0n) is 13.5. The van der Waals surface area contributed by atoms with Gasteiger partial charge in [-0.15, -0.1) is 0 Å². The number of aliphatic hydroxyl groups is 1. The molecule has 0 bridgehead atoms. The van der Waals surface area contributed by atoms with Crippen molar-refractivity contribution in [3.05, 3.63) is 0 Å². The number of hydrogen-bond acceptors (Lipinski definition) is 4. The van der Waals surface area contributed by atoms with E-state index in [-0.39, 0.29) is 23.3 Å². The molecule has 0 aliphatic carbocycles. The molecule has 0 amide bonds. The van der Waals surface area contributed by atoms with Crippen LogP contribution in [0.5, 0.6) is 0 Å². The first-order chi connectivity index (χ1) is 8.61. The number of nitrogens with zero attached hydrogens (tertiary/aromatic N) is 1. The molecule has 1 fully saturated rings. The normalized spacial score (nSPS) is 26.1. The number of aliphatic hydroxyl groups excluding tert-OH is 1. The van der Waals surface area contributed by atoms with Gasteiger partial charge in [-0.2, -0.15) is 0 Å². The number of ether oxygens (including phenoxy) is 1. The maximum absolute atomic E-state index is 9.68. The molecule has 114 valence electrons. The lowest BCUT2D eigenvalue weighted by Crippen LogP contribution is -2.62. The second-order valence-corrected chi connectivity index (χ2v) is 7.41. The molecule has 19 heavy (non-hydrogen) atoms. The molecule has 1 unspecified atom stereocenters. The average molecular weight is 272 g/mol. The zero-order chi connectivity index (χ0) is 14.7. The minimum atomic E-state index is -0.237. The van der Waals surface area contributed by atoms with Crippen LogP contribution in [0.1, 0.15) is 48.0 Å². The Morgan fingerprint density at radius 3 is 2.16 bits per heavy atom. The number of morpholine rings is 1. The molecule has 1 aliphatic heterocycles. The third kappa shape index (κ3) is 5.38. The Hall–Kier alpha value is -0.160. The maximum atomic E-state index is 9.68. The smallest absolute Gasteiger partial charge is 0.0760 e. The largest absolute Gasteiger partial charge is 0.394 e. The van der Waals surface area contributed by atoms with Gasteiger partial charge in [-0.3, -0.25) is 4.90 Å². The molecule has 0 aromatic heterocycles. The summed E-state index contributed by atoms with van der Waals surface area (Å²) in [6, 6.07) is 0. The summed E-state index contributed by atoms with van der Waals surface area (Å²) in [5, 5.41) is 13.1. The number of hydrogen-bond donors (Lipinski definition) is 2. The Balaban J connectivity index is 2.68. The van der Waals surface area contributed by atoms with Crippen molar-refractivity contribution in [2.24, 2.45) is 0 Å². The molecule has 1 aliphatic rings. The van der Waals surface area contributed by atoms with Gasteiger partial charge in [0.15, 0.2) is 0 Å². The number of nitrogens with one attached hydrogen (secondary N) is 1. The van der Waals surface area contributed by atoms with Gasteiger partial charge in [-0.05, 0) is 47.6 Å². The molecule has 0 saturated carbocycles. The van der Waals surface area contributed by atoms with Crippen LogP contribution in [-0.4, -0.2) is 59.5 Å². The third-order valence-electron chi connectivity index (χ3n) is 3.48. The fraction of sp³-hybridized carbons (Fsp3) is 1.00. The standard InChI is InChI=1S/C15H32N2O2/c1-7-8-16-15(6,12-18)11-17-9-13(2,3)19-14(4,5)10-17/h16,18H,7-12H2,1-6H3. The Bertz CT molecular complexity index is 276. The molecular weight excluding hydrogens is 240 g/mol. The summed E-state index contributed by atoms with van der Waals surface area (Å²) >= 11 is 0. The topological polar surface area (TPSA) is 44.7 Å². The van der Waals surface area contributed by atoms with Crippen molar-refractivity contribution in [3.8, 4) is 0 Å². The molecule has 1 saturated heterocycles. The van der Waals surface area contributed by atoms with E-state index in [1.54, 1.807) is 0 Å². The van der Waals surface area contributed by atoms with Crippen LogP contribution in [0.3, 0.4) is 0 Å². The highest BCUT2D eigenvalue weighted by molar-refractivity contribution is 4.94. The van der Waals surface area contributed by atoms with Crippen molar-refractivity contribution in [1.82, 2.24) is 10.2 Å². The van der Waals surface area contributed by atoms with Gasteiger partial charge in [-0.1, -0.05) is 6.92 Å². The summed E-state index contributed by atoms with van der Waals surface area (Å²) in [4.78, 5) is 2.41. The average Bonchev–Trinajstić information content (AvgIpc) is 2.22. The van der Waals surface area contributed by atoms with Crippen LogP contribution in [0.25, 0.3) is 0 Å². The first-order valence-electron chi connectivity index (χ1n) is 7.40. The van der Waals surface area contributed by atoms with Gasteiger partial charge in [0.1, 0.15) is 0 Å². The summed E-state index contributed by atoms with van der Waals surface area (Å²) in [6.07, 6.45) is 1.08. The van der Waals surface area contributed by atoms with E-state index in [0.29, 0.717) is 0 Å². The molecule has 1 heterocycles. The monoisotopic (exact) mass is 272 g/mol. The van der Waals surface area contributed by atoms with Crippen LogP contribution in [0.4, 0.5) is 0 Å². The maximum Gasteiger partial charge on any atom is 0.0760 e. The molecule has 1 rings (SSSR count). The van der Waals surface area contributed by atoms with Crippen LogP contribution in [0.2, 0.25) is 0 Å². The number of rotatable bonds is 6. The van der Waals surface area contributed by atoms with E-state index in [9.17, 15) is 5.11 Å². The highest BCUT2D eigenvalue weighted by Crippen LogP contribution is 2.28. The van der Waals surface area contributed by atoms with Gasteiger partial charge in [0.25, 0.3) is 0 Å². The van der Waals surface area contributed by atoms with Gasteiger partial charge in [0.2, 0.25) is 0 Å². The first kappa shape index (κ1) is 16.9. The van der Waals surface area contributed by atoms with E-state index >= 15 is 0 Å². The van der Waals surface area contributed by atoms with E-state index in [1.165, 1.54) is 0 Å². The van der Waals surface area contributed by atoms with Crippen molar-refractivity contribution in [2.75, 3.05) is 32.8 Å². The summed E-state index contributed by atoms with van der Waals surface area (Å²) in [7, 11) is 0. The minimum absolute atomic E-state index is 0.136. The second kappa shape index (κ2) is 6.08. The molecule has 4 heteroatoms. The quantitative estimate of drug-likeness (QED) is 0.771. The third-order valence-corrected chi connectivity index (χ3v) is 3.48. The van der Waals surface area contributed by atoms with Crippen LogP contribution in [0, 0.1) is 0 Å². The van der Waals surface area contributed by atoms with Crippen molar-refractivity contribution in [3.63, 3.8) is 0 Å². The predicted molar refractivity (Wildman–Crippen MR) is 79.5 cm³/mol. The summed E-state index contributed by atoms with van der Waals surface area (Å²) in [5.74, 6) is 0. The van der Waals surface area contributed by atoms with E-state index in [2.05, 4.69) is 51.8 Å². The molecule has 0 aromatic carbocycles. The molecule has 0 spiro atoms. The van der Waals surface area contributed by atoms with Crippen molar-refractivity contribution < 1.29 is 9.84 Å². The summed E-state index contributed by atoms with van der Waals surface area (Å²) in [5.41, 5.74) is -0.509. The van der Waals surface area contributed by atoms with Crippen molar-refractivity contribution >= 4 is 0 Å². The lowest BCUT2D eigenvalue weighted by Gasteiger charge is -2.49. The summed E-state index contributed by atoms with van der Waals surface area (Å²) < 4.78 is 6.10. The van der Waals surface area contributed by atoms with Crippen LogP contribution < -0.4 is 5.32 Å². The van der Waals surface area contributed by atoms with Crippen molar-refractivity contribution in [2.45, 2.75) is 64.7 Å².